The Labute approximate surface area is 147 Å². The molecule has 0 atom stereocenters. The Hall–Kier alpha value is -2.22. The van der Waals surface area contributed by atoms with E-state index in [9.17, 15) is 9.59 Å². The fourth-order valence-electron chi connectivity index (χ4n) is 2.86. The van der Waals surface area contributed by atoms with E-state index in [0.717, 1.165) is 26.1 Å². The predicted molar refractivity (Wildman–Crippen MR) is 95.6 cm³/mol. The van der Waals surface area contributed by atoms with Gasteiger partial charge >= 0.3 is 0 Å². The highest BCUT2D eigenvalue weighted by molar-refractivity contribution is 5.81. The van der Waals surface area contributed by atoms with Crippen LogP contribution >= 0.6 is 0 Å². The summed E-state index contributed by atoms with van der Waals surface area (Å²) in [4.78, 5) is 26.6. The van der Waals surface area contributed by atoms with Crippen molar-refractivity contribution >= 4 is 16.8 Å². The highest BCUT2D eigenvalue weighted by Gasteiger charge is 2.15. The Kier molecular flexibility index (Phi) is 6.69. The normalized spacial score (nSPS) is 11.4. The Morgan fingerprint density at radius 1 is 1.28 bits per heavy atom. The van der Waals surface area contributed by atoms with Crippen LogP contribution < -0.4 is 10.9 Å². The van der Waals surface area contributed by atoms with Crippen LogP contribution in [0.25, 0.3) is 10.9 Å². The maximum Gasteiger partial charge on any atom is 0.296 e. The average molecular weight is 349 g/mol. The zero-order valence-electron chi connectivity index (χ0n) is 15.5. The molecular formula is C17H27N5O3. The lowest BCUT2D eigenvalue weighted by Gasteiger charge is -2.17. The van der Waals surface area contributed by atoms with Crippen LogP contribution in [0.4, 0.5) is 0 Å². The first kappa shape index (κ1) is 19.1. The van der Waals surface area contributed by atoms with Crippen LogP contribution in [-0.4, -0.2) is 51.9 Å². The van der Waals surface area contributed by atoms with Gasteiger partial charge in [-0.2, -0.15) is 5.10 Å². The van der Waals surface area contributed by atoms with Crippen molar-refractivity contribution in [3.8, 4) is 0 Å². The van der Waals surface area contributed by atoms with E-state index in [1.165, 1.54) is 4.68 Å². The molecule has 0 saturated heterocycles. The van der Waals surface area contributed by atoms with Crippen molar-refractivity contribution in [3.63, 3.8) is 0 Å². The van der Waals surface area contributed by atoms with Gasteiger partial charge in [-0.25, -0.2) is 4.68 Å². The van der Waals surface area contributed by atoms with Crippen LogP contribution in [-0.2, 0) is 11.3 Å². The number of hydrogen-bond acceptors (Lipinski definition) is 6. The number of aromatic nitrogens is 3. The van der Waals surface area contributed by atoms with Gasteiger partial charge < -0.3 is 14.7 Å². The lowest BCUT2D eigenvalue weighted by Crippen LogP contribution is -2.31. The van der Waals surface area contributed by atoms with Crippen LogP contribution in [0.5, 0.6) is 0 Å². The van der Waals surface area contributed by atoms with E-state index in [1.54, 1.807) is 13.8 Å². The Morgan fingerprint density at radius 3 is 2.68 bits per heavy atom. The molecule has 2 aromatic heterocycles. The molecule has 8 heteroatoms. The number of aryl methyl sites for hydroxylation is 3. The molecule has 1 amide bonds. The first-order valence-corrected chi connectivity index (χ1v) is 8.80. The molecule has 2 aromatic rings. The van der Waals surface area contributed by atoms with Crippen molar-refractivity contribution in [2.45, 2.75) is 47.1 Å². The van der Waals surface area contributed by atoms with Gasteiger partial charge in [0, 0.05) is 13.0 Å². The molecule has 0 aliphatic rings. The molecule has 1 N–H and O–H groups in total. The molecule has 0 fully saturated rings. The number of hydrogen-bond donors (Lipinski definition) is 1. The monoisotopic (exact) mass is 349 g/mol. The van der Waals surface area contributed by atoms with Crippen LogP contribution in [0.1, 0.15) is 38.1 Å². The van der Waals surface area contributed by atoms with E-state index in [0.29, 0.717) is 23.4 Å². The van der Waals surface area contributed by atoms with Crippen molar-refractivity contribution in [1.82, 2.24) is 25.2 Å². The lowest BCUT2D eigenvalue weighted by atomic mass is 10.2. The summed E-state index contributed by atoms with van der Waals surface area (Å²) >= 11 is 0. The van der Waals surface area contributed by atoms with Crippen molar-refractivity contribution in [3.05, 3.63) is 21.8 Å². The highest BCUT2D eigenvalue weighted by Crippen LogP contribution is 2.16. The molecule has 0 saturated carbocycles. The molecule has 25 heavy (non-hydrogen) atoms. The number of carbonyl (C=O) groups excluding carboxylic acids is 1. The van der Waals surface area contributed by atoms with Gasteiger partial charge in [-0.1, -0.05) is 19.0 Å². The van der Waals surface area contributed by atoms with Crippen LogP contribution in [0.15, 0.2) is 9.32 Å². The van der Waals surface area contributed by atoms with Crippen LogP contribution in [0, 0.1) is 13.8 Å². The second-order valence-electron chi connectivity index (χ2n) is 6.06. The number of rotatable bonds is 9. The Bertz CT molecular complexity index is 776. The smallest absolute Gasteiger partial charge is 0.296 e. The molecule has 0 spiro atoms. The quantitative estimate of drug-likeness (QED) is 0.685. The van der Waals surface area contributed by atoms with E-state index in [1.807, 2.05) is 0 Å². The second-order valence-corrected chi connectivity index (χ2v) is 6.06. The largest absolute Gasteiger partial charge is 0.360 e. The zero-order valence-corrected chi connectivity index (χ0v) is 15.5. The molecule has 0 unspecified atom stereocenters. The van der Waals surface area contributed by atoms with E-state index >= 15 is 0 Å². The standard InChI is InChI=1S/C17H27N5O3/c1-5-21(6-2)10-7-9-18-14(23)8-11-22-17(24)16-15(12(3)19-22)13(4)25-20-16/h5-11H2,1-4H3,(H,18,23). The molecule has 0 aliphatic carbocycles. The minimum atomic E-state index is -0.327. The van der Waals surface area contributed by atoms with Crippen molar-refractivity contribution in [2.75, 3.05) is 26.2 Å². The molecule has 0 bridgehead atoms. The van der Waals surface area contributed by atoms with Gasteiger partial charge in [-0.15, -0.1) is 0 Å². The minimum absolute atomic E-state index is 0.0812. The molecule has 0 aliphatic heterocycles. The SMILES string of the molecule is CCN(CC)CCCNC(=O)CCn1nc(C)c2c(C)onc2c1=O. The first-order chi connectivity index (χ1) is 12.0. The van der Waals surface area contributed by atoms with Crippen molar-refractivity contribution < 1.29 is 9.32 Å². The number of carbonyl (C=O) groups is 1. The summed E-state index contributed by atoms with van der Waals surface area (Å²) in [5.74, 6) is 0.498. The van der Waals surface area contributed by atoms with Gasteiger partial charge in [0.25, 0.3) is 5.56 Å². The van der Waals surface area contributed by atoms with Gasteiger partial charge in [-0.05, 0) is 39.9 Å². The molecule has 0 aromatic carbocycles. The summed E-state index contributed by atoms with van der Waals surface area (Å²) in [7, 11) is 0. The molecular weight excluding hydrogens is 322 g/mol. The Morgan fingerprint density at radius 2 is 2.00 bits per heavy atom. The van der Waals surface area contributed by atoms with E-state index in [4.69, 9.17) is 4.52 Å². The highest BCUT2D eigenvalue weighted by atomic mass is 16.5. The van der Waals surface area contributed by atoms with E-state index < -0.39 is 0 Å². The van der Waals surface area contributed by atoms with Gasteiger partial charge in [0.15, 0.2) is 5.52 Å². The van der Waals surface area contributed by atoms with Crippen LogP contribution in [0.3, 0.4) is 0 Å². The summed E-state index contributed by atoms with van der Waals surface area (Å²) in [5, 5.41) is 11.6. The predicted octanol–water partition coefficient (Wildman–Crippen LogP) is 1.24. The zero-order chi connectivity index (χ0) is 18.4. The fourth-order valence-corrected chi connectivity index (χ4v) is 2.86. The summed E-state index contributed by atoms with van der Waals surface area (Å²) in [6.07, 6.45) is 1.12. The van der Waals surface area contributed by atoms with Gasteiger partial charge in [-0.3, -0.25) is 9.59 Å². The number of nitrogens with zero attached hydrogens (tertiary/aromatic N) is 4. The molecule has 2 heterocycles. The van der Waals surface area contributed by atoms with E-state index in [-0.39, 0.29) is 29.9 Å². The van der Waals surface area contributed by atoms with E-state index in [2.05, 4.69) is 34.3 Å². The molecule has 2 rings (SSSR count). The van der Waals surface area contributed by atoms with Gasteiger partial charge in [0.1, 0.15) is 5.76 Å². The van der Waals surface area contributed by atoms with Gasteiger partial charge in [0.2, 0.25) is 5.91 Å². The third-order valence-electron chi connectivity index (χ3n) is 4.35. The number of nitrogens with one attached hydrogen (secondary N) is 1. The van der Waals surface area contributed by atoms with Crippen molar-refractivity contribution in [1.29, 1.82) is 0 Å². The topological polar surface area (TPSA) is 93.3 Å². The third kappa shape index (κ3) is 4.66. The second kappa shape index (κ2) is 8.75. The number of fused-ring (bicyclic) bond motifs is 1. The fraction of sp³-hybridized carbons (Fsp3) is 0.647. The summed E-state index contributed by atoms with van der Waals surface area (Å²) in [6, 6.07) is 0. The summed E-state index contributed by atoms with van der Waals surface area (Å²) in [6.45, 7) is 11.7. The maximum absolute atomic E-state index is 12.3. The third-order valence-corrected chi connectivity index (χ3v) is 4.35. The first-order valence-electron chi connectivity index (χ1n) is 8.80. The molecule has 8 nitrogen and oxygen atoms in total. The molecule has 0 radical (unpaired) electrons. The minimum Gasteiger partial charge on any atom is -0.360 e. The average Bonchev–Trinajstić information content (AvgIpc) is 2.99. The summed E-state index contributed by atoms with van der Waals surface area (Å²) < 4.78 is 6.36. The number of amides is 1. The lowest BCUT2D eigenvalue weighted by molar-refractivity contribution is -0.121. The maximum atomic E-state index is 12.3. The summed E-state index contributed by atoms with van der Waals surface area (Å²) in [5.41, 5.74) is 0.615. The van der Waals surface area contributed by atoms with Crippen molar-refractivity contribution in [2.24, 2.45) is 0 Å². The van der Waals surface area contributed by atoms with Gasteiger partial charge in [0.05, 0.1) is 17.6 Å². The van der Waals surface area contributed by atoms with Crippen LogP contribution in [0.2, 0.25) is 0 Å². The molecule has 138 valence electrons. The Balaban J connectivity index is 1.87.